The second-order valence-corrected chi connectivity index (χ2v) is 3.54. The Morgan fingerprint density at radius 2 is 0.385 bits per heavy atom. The van der Waals surface area contributed by atoms with E-state index in [1.807, 2.05) is 0 Å². The number of rotatable bonds is 0. The van der Waals surface area contributed by atoms with Crippen LogP contribution < -0.4 is 0 Å². The van der Waals surface area contributed by atoms with E-state index in [4.69, 9.17) is 0 Å². The molecule has 0 N–H and O–H groups in total. The Kier molecular flexibility index (Phi) is 22.4. The van der Waals surface area contributed by atoms with Crippen molar-refractivity contribution in [3.63, 3.8) is 0 Å². The van der Waals surface area contributed by atoms with E-state index in [2.05, 4.69) is 0 Å². The molecule has 0 spiro atoms. The Morgan fingerprint density at radius 3 is 0.462 bits per heavy atom. The summed E-state index contributed by atoms with van der Waals surface area (Å²) >= 11 is 0. The van der Waals surface area contributed by atoms with Gasteiger partial charge in [-0.15, -0.1) is 0 Å². The van der Waals surface area contributed by atoms with E-state index in [0.717, 1.165) is 0 Å². The molecule has 0 aromatic carbocycles. The molecule has 0 heterocycles. The van der Waals surface area contributed by atoms with Crippen molar-refractivity contribution in [1.29, 1.82) is 0 Å². The predicted molar refractivity (Wildman–Crippen MR) is 59.0 cm³/mol. The smallest absolute Gasteiger partial charge is 0.358 e. The maximum absolute atomic E-state index is 1.50. The van der Waals surface area contributed by atoms with Crippen molar-refractivity contribution in [1.82, 2.24) is 0 Å². The summed E-state index contributed by atoms with van der Waals surface area (Å²) in [6.07, 6.45) is 15.0. The van der Waals surface area contributed by atoms with E-state index in [9.17, 15) is 0 Å². The summed E-state index contributed by atoms with van der Waals surface area (Å²) in [7, 11) is 0. The monoisotopic (exact) mass is 272 g/mol. The van der Waals surface area contributed by atoms with Gasteiger partial charge in [0, 0.05) is 0 Å². The summed E-state index contributed by atoms with van der Waals surface area (Å²) in [5, 5.41) is 0. The molecule has 2 fully saturated rings. The van der Waals surface area contributed by atoms with Crippen molar-refractivity contribution >= 4 is 0 Å². The molecule has 0 unspecified atom stereocenters. The summed E-state index contributed by atoms with van der Waals surface area (Å²) in [5.41, 5.74) is 0. The quantitative estimate of drug-likeness (QED) is 0.438. The molecule has 2 rings (SSSR count). The summed E-state index contributed by atoms with van der Waals surface area (Å²) in [6, 6.07) is 0. The van der Waals surface area contributed by atoms with E-state index < -0.39 is 0 Å². The first kappa shape index (κ1) is 19.2. The van der Waals surface area contributed by atoms with Crippen LogP contribution >= 0.6 is 0 Å². The van der Waals surface area contributed by atoms with Crippen molar-refractivity contribution in [2.24, 2.45) is 0 Å². The fourth-order valence-corrected chi connectivity index (χ4v) is 1.77. The van der Waals surface area contributed by atoms with Gasteiger partial charge in [-0.25, -0.2) is 0 Å². The van der Waals surface area contributed by atoms with Crippen LogP contribution in [-0.2, 0) is 19.5 Å². The second kappa shape index (κ2) is 15.1. The van der Waals surface area contributed by atoms with Gasteiger partial charge in [-0.3, -0.25) is 0 Å². The predicted octanol–water partition coefficient (Wildman–Crippen LogP) is 4.80. The maximum Gasteiger partial charge on any atom is 2.00 e. The van der Waals surface area contributed by atoms with Gasteiger partial charge < -0.3 is 14.9 Å². The van der Waals surface area contributed by atoms with Crippen LogP contribution in [0.2, 0.25) is 0 Å². The summed E-state index contributed by atoms with van der Waals surface area (Å²) in [6.45, 7) is 0. The van der Waals surface area contributed by atoms with Crippen LogP contribution in [0.1, 0.15) is 64.2 Å². The molecule has 0 aliphatic heterocycles. The molecule has 0 saturated heterocycles. The fourth-order valence-electron chi connectivity index (χ4n) is 1.77. The van der Waals surface area contributed by atoms with E-state index >= 15 is 0 Å². The van der Waals surface area contributed by atoms with Gasteiger partial charge in [0.2, 0.25) is 0 Å². The largest absolute Gasteiger partial charge is 2.00 e. The van der Waals surface area contributed by atoms with Crippen molar-refractivity contribution in [3.05, 3.63) is 14.9 Å². The van der Waals surface area contributed by atoms with Crippen molar-refractivity contribution in [3.8, 4) is 0 Å². The molecule has 0 atom stereocenters. The van der Waals surface area contributed by atoms with Gasteiger partial charge in [-0.2, -0.15) is 0 Å². The minimum absolute atomic E-state index is 0. The van der Waals surface area contributed by atoms with Crippen LogP contribution in [0, 0.1) is 14.9 Å². The standard InChI is InChI=1S/2C5H10.2CH3.Ru/c2*1-2-4-5-3-1;;;/h2*1-5H2;2*1H3;/q;;2*-1;+2. The average molecular weight is 271 g/mol. The van der Waals surface area contributed by atoms with E-state index in [0.29, 0.717) is 0 Å². The SMILES string of the molecule is C1CCCC1.C1CCCC1.[CH3-].[CH3-].[Ru+2]. The van der Waals surface area contributed by atoms with Gasteiger partial charge >= 0.3 is 19.5 Å². The minimum Gasteiger partial charge on any atom is -0.358 e. The first-order valence-corrected chi connectivity index (χ1v) is 5.00. The Morgan fingerprint density at radius 1 is 0.308 bits per heavy atom. The van der Waals surface area contributed by atoms with Crippen LogP contribution in [0.25, 0.3) is 0 Å². The molecule has 1 heteroatoms. The summed E-state index contributed by atoms with van der Waals surface area (Å²) < 4.78 is 0. The fraction of sp³-hybridized carbons (Fsp3) is 0.833. The van der Waals surface area contributed by atoms with Crippen molar-refractivity contribution in [2.75, 3.05) is 0 Å². The zero-order valence-electron chi connectivity index (χ0n) is 9.42. The van der Waals surface area contributed by atoms with Gasteiger partial charge in [-0.05, 0) is 0 Å². The molecule has 2 aliphatic rings. The second-order valence-electron chi connectivity index (χ2n) is 3.54. The van der Waals surface area contributed by atoms with E-state index in [-0.39, 0.29) is 34.3 Å². The third-order valence-electron chi connectivity index (χ3n) is 2.50. The summed E-state index contributed by atoms with van der Waals surface area (Å²) in [4.78, 5) is 0. The van der Waals surface area contributed by atoms with Gasteiger partial charge in [0.25, 0.3) is 0 Å². The van der Waals surface area contributed by atoms with E-state index in [1.54, 1.807) is 0 Å². The molecule has 2 aliphatic carbocycles. The van der Waals surface area contributed by atoms with Gasteiger partial charge in [0.05, 0.1) is 0 Å². The zero-order chi connectivity index (χ0) is 7.07. The van der Waals surface area contributed by atoms with Crippen LogP contribution in [0.4, 0.5) is 0 Å². The average Bonchev–Trinajstić information content (AvgIpc) is 2.67. The zero-order valence-corrected chi connectivity index (χ0v) is 11.2. The topological polar surface area (TPSA) is 0 Å². The molecule has 0 bridgehead atoms. The molecule has 0 radical (unpaired) electrons. The maximum atomic E-state index is 1.50. The third-order valence-corrected chi connectivity index (χ3v) is 2.50. The minimum atomic E-state index is 0. The first-order valence-electron chi connectivity index (χ1n) is 5.00. The Bertz CT molecular complexity index is 38.3. The molecule has 0 aromatic rings. The number of hydrogen-bond acceptors (Lipinski definition) is 0. The van der Waals surface area contributed by atoms with Gasteiger partial charge in [0.15, 0.2) is 0 Å². The third kappa shape index (κ3) is 12.6. The molecule has 2 saturated carbocycles. The summed E-state index contributed by atoms with van der Waals surface area (Å²) in [5.74, 6) is 0. The number of hydrogen-bond donors (Lipinski definition) is 0. The van der Waals surface area contributed by atoms with E-state index in [1.165, 1.54) is 64.2 Å². The van der Waals surface area contributed by atoms with Crippen LogP contribution in [0.5, 0.6) is 0 Å². The Balaban J connectivity index is -0.000000125. The molecule has 0 amide bonds. The molecular formula is C12H26Ru. The molecule has 0 aromatic heterocycles. The molecular weight excluding hydrogens is 245 g/mol. The van der Waals surface area contributed by atoms with Gasteiger partial charge in [-0.1, -0.05) is 64.2 Å². The Labute approximate surface area is 98.6 Å². The van der Waals surface area contributed by atoms with Crippen LogP contribution in [0.15, 0.2) is 0 Å². The molecule has 82 valence electrons. The van der Waals surface area contributed by atoms with Gasteiger partial charge in [0.1, 0.15) is 0 Å². The van der Waals surface area contributed by atoms with Crippen LogP contribution in [0.3, 0.4) is 0 Å². The first-order chi connectivity index (χ1) is 5.00. The van der Waals surface area contributed by atoms with Crippen LogP contribution in [-0.4, -0.2) is 0 Å². The Hall–Kier alpha value is 0.623. The molecule has 13 heavy (non-hydrogen) atoms. The molecule has 0 nitrogen and oxygen atoms in total. The van der Waals surface area contributed by atoms with Crippen molar-refractivity contribution in [2.45, 2.75) is 64.2 Å². The normalized spacial score (nSPS) is 18.5. The van der Waals surface area contributed by atoms with Crippen molar-refractivity contribution < 1.29 is 19.5 Å².